The monoisotopic (exact) mass is 373 g/mol. The molecule has 0 saturated heterocycles. The molecule has 1 aliphatic rings. The molecule has 3 rings (SSSR count). The van der Waals surface area contributed by atoms with Crippen molar-refractivity contribution in [3.8, 4) is 6.07 Å². The van der Waals surface area contributed by atoms with Crippen LogP contribution < -0.4 is 10.0 Å². The maximum atomic E-state index is 12.6. The number of hydrogen-bond acceptors (Lipinski definition) is 5. The van der Waals surface area contributed by atoms with E-state index in [1.165, 1.54) is 30.0 Å². The van der Waals surface area contributed by atoms with E-state index in [-0.39, 0.29) is 16.7 Å². The SMILES string of the molecule is CC1CSc2ccc(S(=O)(=O)Nc3cccc(C#N)c3)cc2NC1=O. The van der Waals surface area contributed by atoms with Gasteiger partial charge >= 0.3 is 0 Å². The first kappa shape index (κ1) is 17.3. The second-order valence-corrected chi connectivity index (χ2v) is 8.40. The Balaban J connectivity index is 1.92. The summed E-state index contributed by atoms with van der Waals surface area (Å²) in [5, 5.41) is 11.7. The van der Waals surface area contributed by atoms with Crippen molar-refractivity contribution in [1.29, 1.82) is 5.26 Å². The Bertz CT molecular complexity index is 981. The minimum atomic E-state index is -3.83. The minimum Gasteiger partial charge on any atom is -0.325 e. The normalized spacial score (nSPS) is 17.0. The summed E-state index contributed by atoms with van der Waals surface area (Å²) in [6.45, 7) is 1.83. The molecule has 2 aromatic carbocycles. The number of nitriles is 1. The van der Waals surface area contributed by atoms with E-state index >= 15 is 0 Å². The lowest BCUT2D eigenvalue weighted by atomic mass is 10.2. The van der Waals surface area contributed by atoms with Crippen LogP contribution in [0.5, 0.6) is 0 Å². The molecule has 25 heavy (non-hydrogen) atoms. The number of amides is 1. The molecule has 8 heteroatoms. The van der Waals surface area contributed by atoms with Gasteiger partial charge in [0.15, 0.2) is 0 Å². The fourth-order valence-electron chi connectivity index (χ4n) is 2.31. The molecule has 1 aliphatic heterocycles. The zero-order valence-corrected chi connectivity index (χ0v) is 14.9. The highest BCUT2D eigenvalue weighted by Crippen LogP contribution is 2.34. The molecule has 2 aromatic rings. The summed E-state index contributed by atoms with van der Waals surface area (Å²) in [6.07, 6.45) is 0. The summed E-state index contributed by atoms with van der Waals surface area (Å²) in [7, 11) is -3.83. The zero-order chi connectivity index (χ0) is 18.0. The van der Waals surface area contributed by atoms with E-state index < -0.39 is 10.0 Å². The van der Waals surface area contributed by atoms with Crippen LogP contribution in [0.1, 0.15) is 12.5 Å². The summed E-state index contributed by atoms with van der Waals surface area (Å²) < 4.78 is 27.7. The number of nitrogens with one attached hydrogen (secondary N) is 2. The van der Waals surface area contributed by atoms with Crippen LogP contribution in [-0.4, -0.2) is 20.1 Å². The lowest BCUT2D eigenvalue weighted by Crippen LogP contribution is -2.20. The van der Waals surface area contributed by atoms with Crippen molar-refractivity contribution in [1.82, 2.24) is 0 Å². The summed E-state index contributed by atoms with van der Waals surface area (Å²) in [4.78, 5) is 12.9. The maximum Gasteiger partial charge on any atom is 0.261 e. The van der Waals surface area contributed by atoms with Gasteiger partial charge in [-0.05, 0) is 36.4 Å². The number of hydrogen-bond donors (Lipinski definition) is 2. The molecular formula is C17H15N3O3S2. The van der Waals surface area contributed by atoms with Crippen LogP contribution in [0, 0.1) is 17.2 Å². The Morgan fingerprint density at radius 1 is 1.28 bits per heavy atom. The van der Waals surface area contributed by atoms with Gasteiger partial charge in [0.1, 0.15) is 0 Å². The highest BCUT2D eigenvalue weighted by molar-refractivity contribution is 7.99. The third kappa shape index (κ3) is 3.78. The molecule has 0 fully saturated rings. The minimum absolute atomic E-state index is 0.0454. The Morgan fingerprint density at radius 2 is 2.08 bits per heavy atom. The van der Waals surface area contributed by atoms with E-state index in [1.54, 1.807) is 24.3 Å². The molecule has 0 saturated carbocycles. The van der Waals surface area contributed by atoms with Gasteiger partial charge in [-0.2, -0.15) is 5.26 Å². The van der Waals surface area contributed by atoms with Crippen molar-refractivity contribution in [3.63, 3.8) is 0 Å². The number of anilines is 2. The topological polar surface area (TPSA) is 99.1 Å². The van der Waals surface area contributed by atoms with Gasteiger partial charge < -0.3 is 5.32 Å². The van der Waals surface area contributed by atoms with Crippen LogP contribution in [0.25, 0.3) is 0 Å². The van der Waals surface area contributed by atoms with Gasteiger partial charge in [-0.25, -0.2) is 8.42 Å². The van der Waals surface area contributed by atoms with Crippen LogP contribution in [0.2, 0.25) is 0 Å². The predicted octanol–water partition coefficient (Wildman–Crippen LogP) is 3.04. The highest BCUT2D eigenvalue weighted by atomic mass is 32.2. The quantitative estimate of drug-likeness (QED) is 0.861. The van der Waals surface area contributed by atoms with Crippen molar-refractivity contribution in [2.24, 2.45) is 5.92 Å². The first-order chi connectivity index (χ1) is 11.9. The fourth-order valence-corrected chi connectivity index (χ4v) is 4.40. The maximum absolute atomic E-state index is 12.6. The molecule has 1 heterocycles. The molecule has 0 aliphatic carbocycles. The van der Waals surface area contributed by atoms with Crippen LogP contribution in [-0.2, 0) is 14.8 Å². The van der Waals surface area contributed by atoms with Crippen LogP contribution in [0.4, 0.5) is 11.4 Å². The van der Waals surface area contributed by atoms with Crippen molar-refractivity contribution >= 4 is 39.1 Å². The summed E-state index contributed by atoms with van der Waals surface area (Å²) in [5.74, 6) is 0.365. The summed E-state index contributed by atoms with van der Waals surface area (Å²) in [6, 6.07) is 12.8. The second-order valence-electron chi connectivity index (χ2n) is 5.66. The molecule has 1 unspecified atom stereocenters. The Morgan fingerprint density at radius 3 is 2.84 bits per heavy atom. The number of carbonyl (C=O) groups is 1. The number of fused-ring (bicyclic) bond motifs is 1. The van der Waals surface area contributed by atoms with Gasteiger partial charge in [0.05, 0.1) is 27.9 Å². The average molecular weight is 373 g/mol. The van der Waals surface area contributed by atoms with Gasteiger partial charge in [-0.15, -0.1) is 11.8 Å². The number of thioether (sulfide) groups is 1. The van der Waals surface area contributed by atoms with Gasteiger partial charge in [0.25, 0.3) is 10.0 Å². The van der Waals surface area contributed by atoms with Crippen molar-refractivity contribution in [3.05, 3.63) is 48.0 Å². The van der Waals surface area contributed by atoms with E-state index in [0.29, 0.717) is 22.7 Å². The van der Waals surface area contributed by atoms with Crippen molar-refractivity contribution in [2.45, 2.75) is 16.7 Å². The van der Waals surface area contributed by atoms with Crippen LogP contribution in [0.3, 0.4) is 0 Å². The van der Waals surface area contributed by atoms with Crippen molar-refractivity contribution < 1.29 is 13.2 Å². The van der Waals surface area contributed by atoms with Crippen LogP contribution in [0.15, 0.2) is 52.3 Å². The summed E-state index contributed by atoms with van der Waals surface area (Å²) >= 11 is 1.52. The molecule has 1 amide bonds. The number of sulfonamides is 1. The lowest BCUT2D eigenvalue weighted by molar-refractivity contribution is -0.118. The van der Waals surface area contributed by atoms with E-state index in [0.717, 1.165) is 4.90 Å². The number of nitrogens with zero attached hydrogens (tertiary/aromatic N) is 1. The van der Waals surface area contributed by atoms with Gasteiger partial charge in [0.2, 0.25) is 5.91 Å². The fraction of sp³-hybridized carbons (Fsp3) is 0.176. The smallest absolute Gasteiger partial charge is 0.261 e. The van der Waals surface area contributed by atoms with Gasteiger partial charge in [0, 0.05) is 16.6 Å². The molecule has 128 valence electrons. The van der Waals surface area contributed by atoms with E-state index in [9.17, 15) is 13.2 Å². The third-order valence-corrected chi connectivity index (χ3v) is 6.41. The molecule has 6 nitrogen and oxygen atoms in total. The Kier molecular flexibility index (Phi) is 4.70. The molecule has 1 atom stereocenters. The Hall–Kier alpha value is -2.50. The molecule has 0 radical (unpaired) electrons. The Labute approximate surface area is 150 Å². The molecule has 0 bridgehead atoms. The highest BCUT2D eigenvalue weighted by Gasteiger charge is 2.23. The third-order valence-electron chi connectivity index (χ3n) is 3.70. The molecule has 0 spiro atoms. The van der Waals surface area contributed by atoms with Gasteiger partial charge in [-0.3, -0.25) is 9.52 Å². The number of rotatable bonds is 3. The first-order valence-electron chi connectivity index (χ1n) is 7.50. The van der Waals surface area contributed by atoms with E-state index in [4.69, 9.17) is 5.26 Å². The molecular weight excluding hydrogens is 358 g/mol. The number of carbonyl (C=O) groups excluding carboxylic acids is 1. The largest absolute Gasteiger partial charge is 0.325 e. The number of benzene rings is 2. The average Bonchev–Trinajstić information content (AvgIpc) is 2.73. The van der Waals surface area contributed by atoms with Gasteiger partial charge in [-0.1, -0.05) is 13.0 Å². The lowest BCUT2D eigenvalue weighted by Gasteiger charge is -2.11. The summed E-state index contributed by atoms with van der Waals surface area (Å²) in [5.41, 5.74) is 1.16. The molecule has 2 N–H and O–H groups in total. The van der Waals surface area contributed by atoms with Crippen LogP contribution >= 0.6 is 11.8 Å². The zero-order valence-electron chi connectivity index (χ0n) is 13.3. The van der Waals surface area contributed by atoms with E-state index in [1.807, 2.05) is 13.0 Å². The second kappa shape index (κ2) is 6.78. The van der Waals surface area contributed by atoms with E-state index in [2.05, 4.69) is 10.0 Å². The standard InChI is InChI=1S/C17H15N3O3S2/c1-11-10-24-16-6-5-14(8-15(16)19-17(11)21)25(22,23)20-13-4-2-3-12(7-13)9-18/h2-8,11,20H,10H2,1H3,(H,19,21). The van der Waals surface area contributed by atoms with Crippen molar-refractivity contribution in [2.75, 3.05) is 15.8 Å². The predicted molar refractivity (Wildman–Crippen MR) is 96.9 cm³/mol. The first-order valence-corrected chi connectivity index (χ1v) is 9.96. The molecule has 0 aromatic heterocycles.